The second kappa shape index (κ2) is 6.73. The van der Waals surface area contributed by atoms with E-state index in [0.717, 1.165) is 5.57 Å². The first-order valence-electron chi connectivity index (χ1n) is 5.67. The highest BCUT2D eigenvalue weighted by Crippen LogP contribution is 2.34. The van der Waals surface area contributed by atoms with Gasteiger partial charge in [0.2, 0.25) is 0 Å². The number of para-hydroxylation sites is 1. The first-order chi connectivity index (χ1) is 8.60. The smallest absolute Gasteiger partial charge is 0.168 e. The van der Waals surface area contributed by atoms with Crippen molar-refractivity contribution in [3.05, 3.63) is 35.4 Å². The number of benzene rings is 1. The summed E-state index contributed by atoms with van der Waals surface area (Å²) in [5.74, 6) is 3.32. The molecule has 1 rings (SSSR count). The van der Waals surface area contributed by atoms with Crippen molar-refractivity contribution >= 4 is 0 Å². The van der Waals surface area contributed by atoms with Crippen molar-refractivity contribution in [2.24, 2.45) is 0 Å². The van der Waals surface area contributed by atoms with Crippen molar-refractivity contribution < 1.29 is 14.6 Å². The third-order valence-corrected chi connectivity index (χ3v) is 2.40. The van der Waals surface area contributed by atoms with Crippen LogP contribution >= 0.6 is 0 Å². The molecular formula is C15H18O3. The van der Waals surface area contributed by atoms with Crippen LogP contribution in [-0.2, 0) is 0 Å². The van der Waals surface area contributed by atoms with Gasteiger partial charge < -0.3 is 14.6 Å². The Hall–Kier alpha value is -1.92. The molecule has 0 aliphatic carbocycles. The molecule has 0 spiro atoms. The van der Waals surface area contributed by atoms with Crippen LogP contribution in [0, 0.1) is 12.3 Å². The molecule has 0 aliphatic rings. The zero-order chi connectivity index (χ0) is 13.5. The highest BCUT2D eigenvalue weighted by Gasteiger charge is 2.15. The summed E-state index contributed by atoms with van der Waals surface area (Å²) < 4.78 is 10.8. The van der Waals surface area contributed by atoms with Crippen molar-refractivity contribution in [2.45, 2.75) is 20.0 Å². The number of methoxy groups -OCH3 is 1. The van der Waals surface area contributed by atoms with Gasteiger partial charge in [-0.05, 0) is 26.0 Å². The summed E-state index contributed by atoms with van der Waals surface area (Å²) in [5, 5.41) is 9.75. The zero-order valence-electron chi connectivity index (χ0n) is 10.9. The standard InChI is InChI=1S/C15H18O3/c1-5-13(16)12-7-6-8-14(17-4)15(12)18-10-9-11(2)3/h1,6-9,13,16H,10H2,2-4H3. The quantitative estimate of drug-likeness (QED) is 0.641. The first-order valence-corrected chi connectivity index (χ1v) is 5.67. The monoisotopic (exact) mass is 246 g/mol. The van der Waals surface area contributed by atoms with Gasteiger partial charge in [0.05, 0.1) is 7.11 Å². The Labute approximate surface area is 108 Å². The maximum absolute atomic E-state index is 9.75. The number of hydrogen-bond acceptors (Lipinski definition) is 3. The molecule has 1 atom stereocenters. The molecule has 1 N–H and O–H groups in total. The molecule has 0 radical (unpaired) electrons. The lowest BCUT2D eigenvalue weighted by Gasteiger charge is -2.15. The van der Waals surface area contributed by atoms with Gasteiger partial charge in [-0.1, -0.05) is 23.6 Å². The molecule has 0 fully saturated rings. The van der Waals surface area contributed by atoms with E-state index in [1.54, 1.807) is 25.3 Å². The molecule has 96 valence electrons. The Balaban J connectivity index is 3.05. The third kappa shape index (κ3) is 3.54. The minimum atomic E-state index is -0.998. The van der Waals surface area contributed by atoms with Crippen LogP contribution in [0.1, 0.15) is 25.5 Å². The molecule has 1 unspecified atom stereocenters. The summed E-state index contributed by atoms with van der Waals surface area (Å²) >= 11 is 0. The van der Waals surface area contributed by atoms with Gasteiger partial charge in [-0.3, -0.25) is 0 Å². The lowest BCUT2D eigenvalue weighted by Crippen LogP contribution is -2.03. The first kappa shape index (κ1) is 14.1. The van der Waals surface area contributed by atoms with E-state index in [1.165, 1.54) is 0 Å². The van der Waals surface area contributed by atoms with Gasteiger partial charge >= 0.3 is 0 Å². The van der Waals surface area contributed by atoms with E-state index in [4.69, 9.17) is 15.9 Å². The SMILES string of the molecule is C#CC(O)c1cccc(OC)c1OCC=C(C)C. The van der Waals surface area contributed by atoms with Crippen molar-refractivity contribution in [2.75, 3.05) is 13.7 Å². The van der Waals surface area contributed by atoms with Crippen molar-refractivity contribution in [3.63, 3.8) is 0 Å². The van der Waals surface area contributed by atoms with E-state index < -0.39 is 6.10 Å². The van der Waals surface area contributed by atoms with Gasteiger partial charge in [-0.25, -0.2) is 0 Å². The van der Waals surface area contributed by atoms with Crippen LogP contribution in [0.25, 0.3) is 0 Å². The fraction of sp³-hybridized carbons (Fsp3) is 0.333. The third-order valence-electron chi connectivity index (χ3n) is 2.40. The lowest BCUT2D eigenvalue weighted by atomic mass is 10.1. The molecule has 0 amide bonds. The molecule has 18 heavy (non-hydrogen) atoms. The average Bonchev–Trinajstić information content (AvgIpc) is 2.37. The predicted octanol–water partition coefficient (Wildman–Crippen LogP) is 2.71. The van der Waals surface area contributed by atoms with Gasteiger partial charge in [-0.15, -0.1) is 6.42 Å². The Kier molecular flexibility index (Phi) is 5.29. The van der Waals surface area contributed by atoms with E-state index in [9.17, 15) is 5.11 Å². The Bertz CT molecular complexity index is 465. The van der Waals surface area contributed by atoms with Crippen molar-refractivity contribution in [3.8, 4) is 23.8 Å². The van der Waals surface area contributed by atoms with Crippen LogP contribution in [0.4, 0.5) is 0 Å². The molecule has 3 heteroatoms. The summed E-state index contributed by atoms with van der Waals surface area (Å²) in [7, 11) is 1.55. The summed E-state index contributed by atoms with van der Waals surface area (Å²) in [5.41, 5.74) is 1.70. The summed E-state index contributed by atoms with van der Waals surface area (Å²) in [6.45, 7) is 4.39. The van der Waals surface area contributed by atoms with E-state index in [2.05, 4.69) is 5.92 Å². The number of rotatable bonds is 5. The fourth-order valence-corrected chi connectivity index (χ4v) is 1.44. The Morgan fingerprint density at radius 3 is 2.78 bits per heavy atom. The molecule has 3 nitrogen and oxygen atoms in total. The second-order valence-corrected chi connectivity index (χ2v) is 4.04. The highest BCUT2D eigenvalue weighted by molar-refractivity contribution is 5.49. The minimum absolute atomic E-state index is 0.410. The molecule has 0 aliphatic heterocycles. The largest absolute Gasteiger partial charge is 0.493 e. The van der Waals surface area contributed by atoms with Gasteiger partial charge in [0.25, 0.3) is 0 Å². The molecule has 0 saturated heterocycles. The number of ether oxygens (including phenoxy) is 2. The lowest BCUT2D eigenvalue weighted by molar-refractivity contribution is 0.227. The molecule has 0 saturated carbocycles. The van der Waals surface area contributed by atoms with Gasteiger partial charge in [0, 0.05) is 5.56 Å². The predicted molar refractivity (Wildman–Crippen MR) is 71.7 cm³/mol. The number of terminal acetylenes is 1. The zero-order valence-corrected chi connectivity index (χ0v) is 10.9. The fourth-order valence-electron chi connectivity index (χ4n) is 1.44. The minimum Gasteiger partial charge on any atom is -0.493 e. The molecule has 1 aromatic carbocycles. The topological polar surface area (TPSA) is 38.7 Å². The molecule has 0 aromatic heterocycles. The average molecular weight is 246 g/mol. The van der Waals surface area contributed by atoms with E-state index >= 15 is 0 Å². The van der Waals surface area contributed by atoms with Crippen LogP contribution in [-0.4, -0.2) is 18.8 Å². The maximum atomic E-state index is 9.75. The number of aliphatic hydroxyl groups is 1. The van der Waals surface area contributed by atoms with Gasteiger partial charge in [0.15, 0.2) is 11.5 Å². The summed E-state index contributed by atoms with van der Waals surface area (Å²) in [4.78, 5) is 0. The van der Waals surface area contributed by atoms with Gasteiger partial charge in [-0.2, -0.15) is 0 Å². The summed E-state index contributed by atoms with van der Waals surface area (Å²) in [6.07, 6.45) is 6.18. The van der Waals surface area contributed by atoms with Crippen molar-refractivity contribution in [1.82, 2.24) is 0 Å². The van der Waals surface area contributed by atoms with E-state index in [-0.39, 0.29) is 0 Å². The second-order valence-electron chi connectivity index (χ2n) is 4.04. The maximum Gasteiger partial charge on any atom is 0.168 e. The molecule has 1 aromatic rings. The number of hydrogen-bond donors (Lipinski definition) is 1. The molecule has 0 bridgehead atoms. The van der Waals surface area contributed by atoms with Crippen LogP contribution < -0.4 is 9.47 Å². The Morgan fingerprint density at radius 1 is 1.50 bits per heavy atom. The normalized spacial score (nSPS) is 11.3. The highest BCUT2D eigenvalue weighted by atomic mass is 16.5. The van der Waals surface area contributed by atoms with Gasteiger partial charge in [0.1, 0.15) is 12.7 Å². The number of allylic oxidation sites excluding steroid dienone is 1. The van der Waals surface area contributed by atoms with Crippen LogP contribution in [0.2, 0.25) is 0 Å². The molecule has 0 heterocycles. The molecular weight excluding hydrogens is 228 g/mol. The number of aliphatic hydroxyl groups excluding tert-OH is 1. The van der Waals surface area contributed by atoms with E-state index in [0.29, 0.717) is 23.7 Å². The van der Waals surface area contributed by atoms with E-state index in [1.807, 2.05) is 19.9 Å². The van der Waals surface area contributed by atoms with Crippen LogP contribution in [0.15, 0.2) is 29.8 Å². The van der Waals surface area contributed by atoms with Crippen LogP contribution in [0.3, 0.4) is 0 Å². The summed E-state index contributed by atoms with van der Waals surface area (Å²) in [6, 6.07) is 5.26. The van der Waals surface area contributed by atoms with Crippen molar-refractivity contribution in [1.29, 1.82) is 0 Å². The van der Waals surface area contributed by atoms with Crippen LogP contribution in [0.5, 0.6) is 11.5 Å². The Morgan fingerprint density at radius 2 is 2.22 bits per heavy atom.